The lowest BCUT2D eigenvalue weighted by Crippen LogP contribution is -2.64. The van der Waals surface area contributed by atoms with E-state index in [-0.39, 0.29) is 18.3 Å². The summed E-state index contributed by atoms with van der Waals surface area (Å²) >= 11 is 0. The molecule has 1 atom stereocenters. The Bertz CT molecular complexity index is 742. The molecule has 8 heteroatoms. The molecular formula is C19H22F3N3O2. The van der Waals surface area contributed by atoms with Gasteiger partial charge in [-0.3, -0.25) is 14.5 Å². The number of amides is 2. The van der Waals surface area contributed by atoms with Crippen LogP contribution in [0.4, 0.5) is 13.2 Å². The van der Waals surface area contributed by atoms with Crippen molar-refractivity contribution in [2.75, 3.05) is 0 Å². The monoisotopic (exact) mass is 381 g/mol. The summed E-state index contributed by atoms with van der Waals surface area (Å²) in [5, 5.41) is 1.86. The fraction of sp³-hybridized carbons (Fsp3) is 0.526. The number of nitrogens with one attached hydrogen (secondary N) is 1. The molecule has 0 radical (unpaired) electrons. The summed E-state index contributed by atoms with van der Waals surface area (Å²) in [7, 11) is 0. The predicted octanol–water partition coefficient (Wildman–Crippen LogP) is 3.39. The highest BCUT2D eigenvalue weighted by Crippen LogP contribution is 2.40. The second-order valence-electron chi connectivity index (χ2n) is 6.88. The molecule has 1 aliphatic heterocycles. The van der Waals surface area contributed by atoms with Crippen molar-refractivity contribution in [1.82, 2.24) is 10.2 Å². The molecule has 0 spiro atoms. The van der Waals surface area contributed by atoms with E-state index in [1.54, 1.807) is 30.3 Å². The molecule has 27 heavy (non-hydrogen) atoms. The Morgan fingerprint density at radius 3 is 2.41 bits per heavy atom. The van der Waals surface area contributed by atoms with Crippen molar-refractivity contribution in [3.63, 3.8) is 0 Å². The minimum atomic E-state index is -5.04. The van der Waals surface area contributed by atoms with Crippen LogP contribution in [0.15, 0.2) is 35.3 Å². The number of nitrogens with zero attached hydrogens (tertiary/aromatic N) is 2. The number of amidine groups is 1. The highest BCUT2D eigenvalue weighted by molar-refractivity contribution is 6.16. The van der Waals surface area contributed by atoms with Gasteiger partial charge in [-0.1, -0.05) is 56.5 Å². The highest BCUT2D eigenvalue weighted by atomic mass is 19.4. The van der Waals surface area contributed by atoms with Crippen molar-refractivity contribution < 1.29 is 22.8 Å². The Morgan fingerprint density at radius 2 is 1.85 bits per heavy atom. The van der Waals surface area contributed by atoms with E-state index in [4.69, 9.17) is 0 Å². The number of halogens is 3. The third-order valence-corrected chi connectivity index (χ3v) is 5.05. The average molecular weight is 381 g/mol. The zero-order valence-corrected chi connectivity index (χ0v) is 15.1. The van der Waals surface area contributed by atoms with Crippen LogP contribution in [0, 0.1) is 0 Å². The second kappa shape index (κ2) is 7.32. The first-order valence-electron chi connectivity index (χ1n) is 9.17. The number of hydrogen-bond donors (Lipinski definition) is 1. The molecule has 0 unspecified atom stereocenters. The second-order valence-corrected chi connectivity index (χ2v) is 6.88. The van der Waals surface area contributed by atoms with E-state index in [1.165, 1.54) is 6.92 Å². The molecule has 1 aromatic rings. The fourth-order valence-electron chi connectivity index (χ4n) is 3.63. The third-order valence-electron chi connectivity index (χ3n) is 5.05. The molecule has 5 nitrogen and oxygen atoms in total. The lowest BCUT2D eigenvalue weighted by Gasteiger charge is -2.34. The van der Waals surface area contributed by atoms with Gasteiger partial charge in [-0.15, -0.1) is 0 Å². The molecule has 1 N–H and O–H groups in total. The van der Waals surface area contributed by atoms with Crippen LogP contribution in [-0.4, -0.2) is 40.4 Å². The van der Waals surface area contributed by atoms with Gasteiger partial charge < -0.3 is 5.32 Å². The normalized spacial score (nSPS) is 24.1. The van der Waals surface area contributed by atoms with Gasteiger partial charge in [0.15, 0.2) is 0 Å². The molecule has 1 aromatic carbocycles. The van der Waals surface area contributed by atoms with E-state index >= 15 is 0 Å². The van der Waals surface area contributed by atoms with E-state index in [0.29, 0.717) is 18.4 Å². The number of aliphatic imine (C=N–C) groups is 1. The van der Waals surface area contributed by atoms with Gasteiger partial charge in [-0.25, -0.2) is 4.99 Å². The standard InChI is InChI=1S/C19H22F3N3O2/c1-2-15(26)23-18(19(20,21)22)17(27)25(14-11-7-4-8-12-14)16(24-18)13-9-5-3-6-10-13/h3,5-6,9-10,14H,2,4,7-8,11-12H2,1H3,(H,23,26)/t18-/m1/s1. The first-order valence-corrected chi connectivity index (χ1v) is 9.17. The highest BCUT2D eigenvalue weighted by Gasteiger charge is 2.67. The SMILES string of the molecule is CCC(=O)N[C@@]1(C(F)(F)F)N=C(c2ccccc2)N(C2CCCCC2)C1=O. The summed E-state index contributed by atoms with van der Waals surface area (Å²) in [6.07, 6.45) is -1.30. The number of benzene rings is 1. The van der Waals surface area contributed by atoms with Gasteiger partial charge in [0.05, 0.1) is 0 Å². The molecule has 1 heterocycles. The number of hydrogen-bond acceptors (Lipinski definition) is 3. The molecule has 2 aliphatic rings. The maximum Gasteiger partial charge on any atom is 0.442 e. The van der Waals surface area contributed by atoms with Gasteiger partial charge in [-0.05, 0) is 12.8 Å². The van der Waals surface area contributed by atoms with Crippen molar-refractivity contribution in [2.24, 2.45) is 4.99 Å². The van der Waals surface area contributed by atoms with Crippen LogP contribution in [-0.2, 0) is 9.59 Å². The van der Waals surface area contributed by atoms with E-state index < -0.39 is 23.7 Å². The summed E-state index contributed by atoms with van der Waals surface area (Å²) in [6, 6.07) is 7.99. The van der Waals surface area contributed by atoms with Crippen molar-refractivity contribution in [2.45, 2.75) is 63.3 Å². The zero-order valence-electron chi connectivity index (χ0n) is 15.1. The Kier molecular flexibility index (Phi) is 5.26. The van der Waals surface area contributed by atoms with Crippen LogP contribution in [0.25, 0.3) is 0 Å². The summed E-state index contributed by atoms with van der Waals surface area (Å²) in [4.78, 5) is 29.9. The molecule has 1 fully saturated rings. The van der Waals surface area contributed by atoms with Crippen LogP contribution >= 0.6 is 0 Å². The molecule has 2 amide bonds. The molecular weight excluding hydrogens is 359 g/mol. The zero-order chi connectivity index (χ0) is 19.7. The van der Waals surface area contributed by atoms with Gasteiger partial charge in [-0.2, -0.15) is 13.2 Å². The molecule has 0 saturated heterocycles. The molecule has 0 bridgehead atoms. The fourth-order valence-corrected chi connectivity index (χ4v) is 3.63. The molecule has 146 valence electrons. The van der Waals surface area contributed by atoms with Gasteiger partial charge in [0.2, 0.25) is 5.91 Å². The first kappa shape index (κ1) is 19.4. The van der Waals surface area contributed by atoms with E-state index in [1.807, 2.05) is 5.32 Å². The van der Waals surface area contributed by atoms with E-state index in [2.05, 4.69) is 4.99 Å². The summed E-state index contributed by atoms with van der Waals surface area (Å²) < 4.78 is 42.1. The maximum absolute atomic E-state index is 14.0. The average Bonchev–Trinajstić information content (AvgIpc) is 2.96. The Hall–Kier alpha value is -2.38. The van der Waals surface area contributed by atoms with Gasteiger partial charge in [0.1, 0.15) is 5.84 Å². The Morgan fingerprint density at radius 1 is 1.22 bits per heavy atom. The van der Waals surface area contributed by atoms with Crippen LogP contribution in [0.5, 0.6) is 0 Å². The third kappa shape index (κ3) is 3.44. The van der Waals surface area contributed by atoms with Gasteiger partial charge >= 0.3 is 11.8 Å². The minimum absolute atomic E-state index is 0.0266. The number of alkyl halides is 3. The molecule has 3 rings (SSSR count). The maximum atomic E-state index is 14.0. The lowest BCUT2D eigenvalue weighted by atomic mass is 9.93. The number of carbonyl (C=O) groups excluding carboxylic acids is 2. The molecule has 1 saturated carbocycles. The number of carbonyl (C=O) groups is 2. The van der Waals surface area contributed by atoms with Crippen molar-refractivity contribution in [1.29, 1.82) is 0 Å². The molecule has 1 aliphatic carbocycles. The minimum Gasteiger partial charge on any atom is -0.316 e. The summed E-state index contributed by atoms with van der Waals surface area (Å²) in [5.41, 5.74) is -2.84. The Balaban J connectivity index is 2.12. The Labute approximate surface area is 155 Å². The van der Waals surface area contributed by atoms with Crippen LogP contribution in [0.2, 0.25) is 0 Å². The van der Waals surface area contributed by atoms with Crippen molar-refractivity contribution in [3.8, 4) is 0 Å². The van der Waals surface area contributed by atoms with Gasteiger partial charge in [0, 0.05) is 18.0 Å². The largest absolute Gasteiger partial charge is 0.442 e. The van der Waals surface area contributed by atoms with Crippen molar-refractivity contribution >= 4 is 17.6 Å². The smallest absolute Gasteiger partial charge is 0.316 e. The topological polar surface area (TPSA) is 61.8 Å². The first-order chi connectivity index (χ1) is 12.8. The molecule has 0 aromatic heterocycles. The lowest BCUT2D eigenvalue weighted by molar-refractivity contribution is -0.200. The van der Waals surface area contributed by atoms with Crippen LogP contribution in [0.3, 0.4) is 0 Å². The number of rotatable bonds is 4. The quantitative estimate of drug-likeness (QED) is 0.869. The summed E-state index contributed by atoms with van der Waals surface area (Å²) in [6.45, 7) is 1.43. The van der Waals surface area contributed by atoms with Gasteiger partial charge in [0.25, 0.3) is 5.91 Å². The van der Waals surface area contributed by atoms with E-state index in [9.17, 15) is 22.8 Å². The van der Waals surface area contributed by atoms with E-state index in [0.717, 1.165) is 24.2 Å². The summed E-state index contributed by atoms with van der Waals surface area (Å²) in [5.74, 6) is -2.12. The van der Waals surface area contributed by atoms with Crippen LogP contribution < -0.4 is 5.32 Å². The predicted molar refractivity (Wildman–Crippen MR) is 93.9 cm³/mol. The van der Waals surface area contributed by atoms with Crippen molar-refractivity contribution in [3.05, 3.63) is 35.9 Å². The van der Waals surface area contributed by atoms with Crippen LogP contribution in [0.1, 0.15) is 51.0 Å².